The quantitative estimate of drug-likeness (QED) is 0.688. The average molecular weight is 334 g/mol. The van der Waals surface area contributed by atoms with Crippen LogP contribution >= 0.6 is 0 Å². The van der Waals surface area contributed by atoms with Crippen LogP contribution in [-0.2, 0) is 17.8 Å². The van der Waals surface area contributed by atoms with E-state index in [1.807, 2.05) is 24.3 Å². The second-order valence-corrected chi connectivity index (χ2v) is 6.00. The van der Waals surface area contributed by atoms with Crippen LogP contribution in [0, 0.1) is 0 Å². The van der Waals surface area contributed by atoms with E-state index in [4.69, 9.17) is 0 Å². The number of benzene rings is 2. The molecule has 2 aromatic carbocycles. The third-order valence-corrected chi connectivity index (χ3v) is 4.11. The van der Waals surface area contributed by atoms with Gasteiger partial charge in [-0.3, -0.25) is 4.79 Å². The minimum atomic E-state index is -0.0564. The van der Waals surface area contributed by atoms with Gasteiger partial charge in [-0.1, -0.05) is 60.7 Å². The zero-order valence-corrected chi connectivity index (χ0v) is 14.1. The van der Waals surface area contributed by atoms with Crippen LogP contribution in [0.5, 0.6) is 0 Å². The van der Waals surface area contributed by atoms with Crippen molar-refractivity contribution in [3.63, 3.8) is 0 Å². The number of aromatic nitrogens is 3. The Balaban J connectivity index is 1.60. The number of carbonyl (C=O) groups excluding carboxylic acids is 1. The van der Waals surface area contributed by atoms with Gasteiger partial charge in [0.1, 0.15) is 19.2 Å². The fourth-order valence-corrected chi connectivity index (χ4v) is 2.86. The lowest BCUT2D eigenvalue weighted by Gasteiger charge is -2.19. The predicted octanol–water partition coefficient (Wildman–Crippen LogP) is 3.16. The van der Waals surface area contributed by atoms with E-state index in [1.54, 1.807) is 6.33 Å². The number of carbonyl (C=O) groups is 1. The first-order chi connectivity index (χ1) is 12.3. The lowest BCUT2D eigenvalue weighted by atomic mass is 9.99. The third-order valence-electron chi connectivity index (χ3n) is 4.11. The van der Waals surface area contributed by atoms with Crippen LogP contribution in [-0.4, -0.2) is 20.7 Å². The van der Waals surface area contributed by atoms with Gasteiger partial charge in [-0.2, -0.15) is 5.10 Å². The highest BCUT2D eigenvalue weighted by Gasteiger charge is 2.14. The average Bonchev–Trinajstić information content (AvgIpc) is 3.15. The Hall–Kier alpha value is -2.95. The Morgan fingerprint density at radius 3 is 2.44 bits per heavy atom. The van der Waals surface area contributed by atoms with Gasteiger partial charge in [0.05, 0.1) is 6.04 Å². The Morgan fingerprint density at radius 2 is 1.76 bits per heavy atom. The van der Waals surface area contributed by atoms with Crippen molar-refractivity contribution in [2.75, 3.05) is 0 Å². The number of hydrogen-bond acceptors (Lipinski definition) is 3. The van der Waals surface area contributed by atoms with Gasteiger partial charge in [0.2, 0.25) is 5.91 Å². The van der Waals surface area contributed by atoms with Crippen molar-refractivity contribution in [3.05, 3.63) is 84.4 Å². The largest absolute Gasteiger partial charge is 0.348 e. The molecule has 0 bridgehead atoms. The van der Waals surface area contributed by atoms with Crippen LogP contribution in [0.25, 0.3) is 0 Å². The molecule has 1 amide bonds. The lowest BCUT2D eigenvalue weighted by molar-refractivity contribution is -0.122. The second-order valence-electron chi connectivity index (χ2n) is 6.00. The summed E-state index contributed by atoms with van der Waals surface area (Å²) in [5, 5.41) is 7.11. The molecule has 1 heterocycles. The lowest BCUT2D eigenvalue weighted by Crippen LogP contribution is -2.31. The number of nitrogens with zero attached hydrogens (tertiary/aromatic N) is 3. The standard InChI is InChI=1S/C20H22N4O/c25-20(14-24-16-21-15-22-24)23-19(18-11-5-2-6-12-18)13-7-10-17-8-3-1-4-9-17/h1-6,8-9,11-12,15-16,19H,7,10,13-14H2,(H,23,25). The molecular weight excluding hydrogens is 312 g/mol. The maximum Gasteiger partial charge on any atom is 0.242 e. The molecule has 25 heavy (non-hydrogen) atoms. The molecule has 1 atom stereocenters. The van der Waals surface area contributed by atoms with E-state index in [2.05, 4.69) is 51.8 Å². The van der Waals surface area contributed by atoms with Crippen LogP contribution in [0.2, 0.25) is 0 Å². The van der Waals surface area contributed by atoms with Gasteiger partial charge in [0.25, 0.3) is 0 Å². The van der Waals surface area contributed by atoms with Crippen molar-refractivity contribution in [2.45, 2.75) is 31.8 Å². The first-order valence-electron chi connectivity index (χ1n) is 8.52. The van der Waals surface area contributed by atoms with Crippen LogP contribution in [0.3, 0.4) is 0 Å². The van der Waals surface area contributed by atoms with Crippen LogP contribution in [0.4, 0.5) is 0 Å². The SMILES string of the molecule is O=C(Cn1cncn1)NC(CCCc1ccccc1)c1ccccc1. The summed E-state index contributed by atoms with van der Waals surface area (Å²) >= 11 is 0. The minimum Gasteiger partial charge on any atom is -0.348 e. The molecule has 0 spiro atoms. The smallest absolute Gasteiger partial charge is 0.242 e. The molecule has 5 heteroatoms. The van der Waals surface area contributed by atoms with E-state index >= 15 is 0 Å². The van der Waals surface area contributed by atoms with Gasteiger partial charge >= 0.3 is 0 Å². The molecular formula is C20H22N4O. The van der Waals surface area contributed by atoms with Gasteiger partial charge in [-0.05, 0) is 30.4 Å². The highest BCUT2D eigenvalue weighted by Crippen LogP contribution is 2.19. The van der Waals surface area contributed by atoms with Gasteiger partial charge in [-0.15, -0.1) is 0 Å². The second kappa shape index (κ2) is 8.78. The molecule has 0 aliphatic rings. The first kappa shape index (κ1) is 16.9. The summed E-state index contributed by atoms with van der Waals surface area (Å²) < 4.78 is 1.53. The molecule has 0 aliphatic heterocycles. The van der Waals surface area contributed by atoms with E-state index in [9.17, 15) is 4.79 Å². The number of amides is 1. The van der Waals surface area contributed by atoms with Gasteiger partial charge in [0, 0.05) is 0 Å². The summed E-state index contributed by atoms with van der Waals surface area (Å²) in [6.07, 6.45) is 5.88. The summed E-state index contributed by atoms with van der Waals surface area (Å²) in [5.74, 6) is -0.0564. The molecule has 1 aromatic heterocycles. The van der Waals surface area contributed by atoms with E-state index in [0.29, 0.717) is 0 Å². The molecule has 1 N–H and O–H groups in total. The van der Waals surface area contributed by atoms with Crippen molar-refractivity contribution in [1.29, 1.82) is 0 Å². The summed E-state index contributed by atoms with van der Waals surface area (Å²) in [6.45, 7) is 0.183. The Labute approximate surface area is 147 Å². The normalized spacial score (nSPS) is 11.8. The van der Waals surface area contributed by atoms with Crippen molar-refractivity contribution in [1.82, 2.24) is 20.1 Å². The zero-order chi connectivity index (χ0) is 17.3. The van der Waals surface area contributed by atoms with E-state index < -0.39 is 0 Å². The fourth-order valence-electron chi connectivity index (χ4n) is 2.86. The van der Waals surface area contributed by atoms with E-state index in [1.165, 1.54) is 16.6 Å². The molecule has 0 saturated carbocycles. The first-order valence-corrected chi connectivity index (χ1v) is 8.52. The molecule has 128 valence electrons. The van der Waals surface area contributed by atoms with E-state index in [0.717, 1.165) is 24.8 Å². The summed E-state index contributed by atoms with van der Waals surface area (Å²) in [5.41, 5.74) is 2.45. The van der Waals surface area contributed by atoms with Gasteiger partial charge < -0.3 is 5.32 Å². The van der Waals surface area contributed by atoms with Gasteiger partial charge in [0.15, 0.2) is 0 Å². The molecule has 0 aliphatic carbocycles. The Kier molecular flexibility index (Phi) is 5.93. The van der Waals surface area contributed by atoms with Crippen molar-refractivity contribution in [2.24, 2.45) is 0 Å². The Bertz CT molecular complexity index is 757. The molecule has 1 unspecified atom stereocenters. The fraction of sp³-hybridized carbons (Fsp3) is 0.250. The molecule has 0 saturated heterocycles. The van der Waals surface area contributed by atoms with Crippen molar-refractivity contribution in [3.8, 4) is 0 Å². The highest BCUT2D eigenvalue weighted by atomic mass is 16.2. The maximum atomic E-state index is 12.3. The zero-order valence-electron chi connectivity index (χ0n) is 14.1. The van der Waals surface area contributed by atoms with Crippen LogP contribution < -0.4 is 5.32 Å². The molecule has 3 aromatic rings. The molecule has 3 rings (SSSR count). The van der Waals surface area contributed by atoms with Crippen molar-refractivity contribution < 1.29 is 4.79 Å². The van der Waals surface area contributed by atoms with Crippen LogP contribution in [0.1, 0.15) is 30.0 Å². The molecule has 0 radical (unpaired) electrons. The number of aryl methyl sites for hydroxylation is 1. The molecule has 5 nitrogen and oxygen atoms in total. The summed E-state index contributed by atoms with van der Waals surface area (Å²) in [7, 11) is 0. The Morgan fingerprint density at radius 1 is 1.04 bits per heavy atom. The van der Waals surface area contributed by atoms with E-state index in [-0.39, 0.29) is 18.5 Å². The van der Waals surface area contributed by atoms with Crippen LogP contribution in [0.15, 0.2) is 73.3 Å². The highest BCUT2D eigenvalue weighted by molar-refractivity contribution is 5.76. The third kappa shape index (κ3) is 5.28. The van der Waals surface area contributed by atoms with Crippen molar-refractivity contribution >= 4 is 5.91 Å². The van der Waals surface area contributed by atoms with Gasteiger partial charge in [-0.25, -0.2) is 9.67 Å². The monoisotopic (exact) mass is 334 g/mol. The topological polar surface area (TPSA) is 59.8 Å². The molecule has 0 fully saturated rings. The maximum absolute atomic E-state index is 12.3. The number of hydrogen-bond donors (Lipinski definition) is 1. The summed E-state index contributed by atoms with van der Waals surface area (Å²) in [4.78, 5) is 16.2. The number of nitrogens with one attached hydrogen (secondary N) is 1. The summed E-state index contributed by atoms with van der Waals surface area (Å²) in [6, 6.07) is 20.5. The predicted molar refractivity (Wildman–Crippen MR) is 96.7 cm³/mol. The minimum absolute atomic E-state index is 0.000865. The number of rotatable bonds is 8.